The average Bonchev–Trinajstić information content (AvgIpc) is 2.71. The van der Waals surface area contributed by atoms with Gasteiger partial charge in [0.1, 0.15) is 0 Å². The number of halogens is 3. The second-order valence-electron chi connectivity index (χ2n) is 3.90. The van der Waals surface area contributed by atoms with Crippen LogP contribution in [0.4, 0.5) is 18.9 Å². The molecule has 1 heterocycles. The minimum Gasteiger partial charge on any atom is -0.398 e. The molecule has 1 aromatic heterocycles. The number of aromatic nitrogens is 3. The second kappa shape index (κ2) is 5.23. The third-order valence-corrected chi connectivity index (χ3v) is 3.56. The molecule has 0 bridgehead atoms. The molecule has 0 aliphatic heterocycles. The summed E-state index contributed by atoms with van der Waals surface area (Å²) in [5, 5.41) is 6.33. The molecule has 9 heteroatoms. The molecule has 0 spiro atoms. The predicted molar refractivity (Wildman–Crippen MR) is 68.5 cm³/mol. The zero-order valence-corrected chi connectivity index (χ0v) is 11.2. The maximum atomic E-state index is 12.8. The Bertz CT molecular complexity index is 677. The lowest BCUT2D eigenvalue weighted by atomic mass is 10.2. The normalized spacial score (nSPS) is 11.8. The minimum absolute atomic E-state index is 0.301. The summed E-state index contributed by atoms with van der Waals surface area (Å²) in [7, 11) is 0. The number of hydrogen-bond donors (Lipinski definition) is 2. The van der Waals surface area contributed by atoms with E-state index < -0.39 is 17.4 Å². The van der Waals surface area contributed by atoms with Crippen molar-refractivity contribution in [2.75, 3.05) is 5.73 Å². The van der Waals surface area contributed by atoms with E-state index in [4.69, 9.17) is 5.73 Å². The molecule has 0 unspecified atom stereocenters. The van der Waals surface area contributed by atoms with E-state index in [0.717, 1.165) is 17.8 Å². The lowest BCUT2D eigenvalue weighted by molar-refractivity contribution is -0.137. The maximum Gasteiger partial charge on any atom is 0.418 e. The van der Waals surface area contributed by atoms with Gasteiger partial charge in [-0.1, -0.05) is 0 Å². The van der Waals surface area contributed by atoms with Crippen LogP contribution >= 0.6 is 11.8 Å². The summed E-state index contributed by atoms with van der Waals surface area (Å²) in [4.78, 5) is 11.7. The number of alkyl halides is 3. The Balaban J connectivity index is 2.37. The van der Waals surface area contributed by atoms with Crippen LogP contribution in [0.3, 0.4) is 0 Å². The van der Waals surface area contributed by atoms with E-state index in [-0.39, 0.29) is 5.69 Å². The largest absolute Gasteiger partial charge is 0.418 e. The standard InChI is InChI=1S/C11H11F3N4OS/c1-2-18-9(19)16-17-10(18)20-6-3-4-8(15)7(5-6)11(12,13)14/h3-5H,2,15H2,1H3,(H,16,19). The van der Waals surface area contributed by atoms with Gasteiger partial charge in [-0.25, -0.2) is 9.89 Å². The second-order valence-corrected chi connectivity index (χ2v) is 4.95. The fourth-order valence-corrected chi connectivity index (χ4v) is 2.55. The number of nitrogens with two attached hydrogens (primary N) is 1. The molecule has 0 saturated heterocycles. The third-order valence-electron chi connectivity index (χ3n) is 2.58. The van der Waals surface area contributed by atoms with Crippen molar-refractivity contribution in [1.29, 1.82) is 0 Å². The molecule has 5 nitrogen and oxygen atoms in total. The highest BCUT2D eigenvalue weighted by Gasteiger charge is 2.33. The zero-order chi connectivity index (χ0) is 14.9. The van der Waals surface area contributed by atoms with Crippen LogP contribution in [0.25, 0.3) is 0 Å². The van der Waals surface area contributed by atoms with E-state index in [2.05, 4.69) is 10.2 Å². The molecule has 0 aliphatic rings. The molecule has 0 atom stereocenters. The Morgan fingerprint density at radius 3 is 2.75 bits per heavy atom. The van der Waals surface area contributed by atoms with Gasteiger partial charge in [0.25, 0.3) is 0 Å². The summed E-state index contributed by atoms with van der Waals surface area (Å²) < 4.78 is 39.6. The molecule has 2 aromatic rings. The third kappa shape index (κ3) is 2.82. The predicted octanol–water partition coefficient (Wildman–Crippen LogP) is 2.34. The number of hydrogen-bond acceptors (Lipinski definition) is 4. The highest BCUT2D eigenvalue weighted by atomic mass is 32.2. The molecule has 1 aromatic carbocycles. The van der Waals surface area contributed by atoms with Gasteiger partial charge < -0.3 is 5.73 Å². The van der Waals surface area contributed by atoms with Crippen molar-refractivity contribution in [2.24, 2.45) is 0 Å². The number of nitrogens with one attached hydrogen (secondary N) is 1. The Kier molecular flexibility index (Phi) is 3.80. The molecule has 20 heavy (non-hydrogen) atoms. The Labute approximate surface area is 116 Å². The quantitative estimate of drug-likeness (QED) is 0.853. The van der Waals surface area contributed by atoms with Crippen LogP contribution in [0, 0.1) is 0 Å². The zero-order valence-electron chi connectivity index (χ0n) is 10.4. The molecule has 0 radical (unpaired) electrons. The number of nitrogen functional groups attached to an aromatic ring is 1. The Morgan fingerprint density at radius 2 is 2.15 bits per heavy atom. The molecule has 108 valence electrons. The summed E-state index contributed by atoms with van der Waals surface area (Å²) >= 11 is 0.964. The van der Waals surface area contributed by atoms with Crippen molar-refractivity contribution in [2.45, 2.75) is 29.7 Å². The Morgan fingerprint density at radius 1 is 1.45 bits per heavy atom. The van der Waals surface area contributed by atoms with E-state index in [1.54, 1.807) is 6.92 Å². The van der Waals surface area contributed by atoms with Gasteiger partial charge >= 0.3 is 11.9 Å². The van der Waals surface area contributed by atoms with Gasteiger partial charge in [-0.2, -0.15) is 13.2 Å². The first-order chi connectivity index (χ1) is 9.32. The van der Waals surface area contributed by atoms with Gasteiger partial charge in [0.2, 0.25) is 0 Å². The van der Waals surface area contributed by atoms with Crippen molar-refractivity contribution < 1.29 is 13.2 Å². The molecule has 0 aliphatic carbocycles. The van der Waals surface area contributed by atoms with Crippen LogP contribution in [0.15, 0.2) is 33.0 Å². The van der Waals surface area contributed by atoms with Crippen molar-refractivity contribution >= 4 is 17.4 Å². The summed E-state index contributed by atoms with van der Waals surface area (Å²) in [5.41, 5.74) is 3.69. The highest BCUT2D eigenvalue weighted by Crippen LogP contribution is 2.37. The van der Waals surface area contributed by atoms with Gasteiger partial charge in [0.05, 0.1) is 5.56 Å². The first kappa shape index (κ1) is 14.5. The maximum absolute atomic E-state index is 12.8. The van der Waals surface area contributed by atoms with Crippen LogP contribution in [0.1, 0.15) is 12.5 Å². The van der Waals surface area contributed by atoms with E-state index >= 15 is 0 Å². The number of benzene rings is 1. The summed E-state index contributed by atoms with van der Waals surface area (Å²) in [6, 6.07) is 3.58. The Hall–Kier alpha value is -1.90. The molecule has 0 saturated carbocycles. The first-order valence-electron chi connectivity index (χ1n) is 5.62. The van der Waals surface area contributed by atoms with Gasteiger partial charge in [0, 0.05) is 17.1 Å². The minimum atomic E-state index is -4.52. The molecule has 0 fully saturated rings. The van der Waals surface area contributed by atoms with E-state index in [1.165, 1.54) is 16.7 Å². The fourth-order valence-electron chi connectivity index (χ4n) is 1.61. The summed E-state index contributed by atoms with van der Waals surface area (Å²) in [6.45, 7) is 2.11. The monoisotopic (exact) mass is 304 g/mol. The van der Waals surface area contributed by atoms with Crippen LogP contribution in [-0.2, 0) is 12.7 Å². The SMILES string of the molecule is CCn1c(Sc2ccc(N)c(C(F)(F)F)c2)n[nH]c1=O. The van der Waals surface area contributed by atoms with Gasteiger partial charge in [0.15, 0.2) is 5.16 Å². The van der Waals surface area contributed by atoms with Crippen LogP contribution in [0.2, 0.25) is 0 Å². The molecule has 3 N–H and O–H groups in total. The lowest BCUT2D eigenvalue weighted by Crippen LogP contribution is -2.16. The van der Waals surface area contributed by atoms with E-state index in [1.807, 2.05) is 0 Å². The van der Waals surface area contributed by atoms with E-state index in [9.17, 15) is 18.0 Å². The number of rotatable bonds is 3. The van der Waals surface area contributed by atoms with Crippen LogP contribution in [0.5, 0.6) is 0 Å². The number of aromatic amines is 1. The van der Waals surface area contributed by atoms with Crippen molar-refractivity contribution in [3.8, 4) is 0 Å². The number of H-pyrrole nitrogens is 1. The molecular formula is C11H11F3N4OS. The van der Waals surface area contributed by atoms with E-state index in [0.29, 0.717) is 16.6 Å². The molecular weight excluding hydrogens is 293 g/mol. The molecule has 0 amide bonds. The van der Waals surface area contributed by atoms with Gasteiger partial charge in [-0.15, -0.1) is 5.10 Å². The first-order valence-corrected chi connectivity index (χ1v) is 6.44. The summed E-state index contributed by atoms with van der Waals surface area (Å²) in [5.74, 6) is 0. The lowest BCUT2D eigenvalue weighted by Gasteiger charge is -2.11. The topological polar surface area (TPSA) is 76.7 Å². The number of anilines is 1. The van der Waals surface area contributed by atoms with Crippen LogP contribution in [-0.4, -0.2) is 14.8 Å². The van der Waals surface area contributed by atoms with Gasteiger partial charge in [-0.05, 0) is 36.9 Å². The van der Waals surface area contributed by atoms with Crippen LogP contribution < -0.4 is 11.4 Å². The fraction of sp³-hybridized carbons (Fsp3) is 0.273. The smallest absolute Gasteiger partial charge is 0.398 e. The average molecular weight is 304 g/mol. The summed E-state index contributed by atoms with van der Waals surface area (Å²) in [6.07, 6.45) is -4.52. The van der Waals surface area contributed by atoms with Gasteiger partial charge in [-0.3, -0.25) is 4.57 Å². The van der Waals surface area contributed by atoms with Crippen molar-refractivity contribution in [1.82, 2.24) is 14.8 Å². The van der Waals surface area contributed by atoms with Crippen molar-refractivity contribution in [3.63, 3.8) is 0 Å². The number of nitrogens with zero attached hydrogens (tertiary/aromatic N) is 2. The highest BCUT2D eigenvalue weighted by molar-refractivity contribution is 7.99. The molecule has 2 rings (SSSR count). The van der Waals surface area contributed by atoms with Crippen molar-refractivity contribution in [3.05, 3.63) is 34.2 Å².